The lowest BCUT2D eigenvalue weighted by atomic mass is 10.0. The van der Waals surface area contributed by atoms with Crippen molar-refractivity contribution in [3.8, 4) is 5.75 Å². The topological polar surface area (TPSA) is 95.1 Å². The number of nitrogens with zero attached hydrogens (tertiary/aromatic N) is 2. The predicted octanol–water partition coefficient (Wildman–Crippen LogP) is 0.936. The zero-order valence-corrected chi connectivity index (χ0v) is 17.9. The summed E-state index contributed by atoms with van der Waals surface area (Å²) >= 11 is 0. The van der Waals surface area contributed by atoms with Gasteiger partial charge in [0, 0.05) is 32.2 Å². The highest BCUT2D eigenvalue weighted by Gasteiger charge is 2.25. The van der Waals surface area contributed by atoms with E-state index in [0.717, 1.165) is 25.1 Å². The van der Waals surface area contributed by atoms with Crippen molar-refractivity contribution in [2.24, 2.45) is 4.99 Å². The van der Waals surface area contributed by atoms with Gasteiger partial charge in [0.15, 0.2) is 5.96 Å². The number of likely N-dealkylation sites (tertiary alicyclic amines) is 1. The molecule has 0 aliphatic carbocycles. The molecule has 1 unspecified atom stereocenters. The Hall–Kier alpha value is -1.84. The lowest BCUT2D eigenvalue weighted by Crippen LogP contribution is -2.43. The van der Waals surface area contributed by atoms with Crippen LogP contribution >= 0.6 is 0 Å². The summed E-state index contributed by atoms with van der Waals surface area (Å²) in [6, 6.07) is 8.35. The van der Waals surface area contributed by atoms with Crippen molar-refractivity contribution in [1.29, 1.82) is 0 Å². The number of benzene rings is 1. The van der Waals surface area contributed by atoms with Crippen LogP contribution in [0, 0.1) is 0 Å². The minimum Gasteiger partial charge on any atom is -0.496 e. The minimum absolute atomic E-state index is 0.198. The van der Waals surface area contributed by atoms with Crippen molar-refractivity contribution in [2.45, 2.75) is 25.3 Å². The fraction of sp³-hybridized carbons (Fsp3) is 0.632. The van der Waals surface area contributed by atoms with Crippen LogP contribution in [0.5, 0.6) is 5.75 Å². The maximum absolute atomic E-state index is 11.1. The molecule has 0 spiro atoms. The van der Waals surface area contributed by atoms with Crippen LogP contribution in [0.2, 0.25) is 0 Å². The van der Waals surface area contributed by atoms with Crippen molar-refractivity contribution >= 4 is 16.0 Å². The van der Waals surface area contributed by atoms with E-state index in [0.29, 0.717) is 32.0 Å². The average molecular weight is 412 g/mol. The number of nitrogens with one attached hydrogen (secondary N) is 3. The first kappa shape index (κ1) is 22.4. The van der Waals surface area contributed by atoms with Crippen LogP contribution < -0.4 is 20.1 Å². The minimum atomic E-state index is -3.14. The third-order valence-electron chi connectivity index (χ3n) is 4.78. The highest BCUT2D eigenvalue weighted by Crippen LogP contribution is 2.31. The zero-order chi connectivity index (χ0) is 20.4. The summed E-state index contributed by atoms with van der Waals surface area (Å²) in [5.74, 6) is 1.61. The van der Waals surface area contributed by atoms with Crippen molar-refractivity contribution < 1.29 is 13.2 Å². The Bertz CT molecular complexity index is 733. The van der Waals surface area contributed by atoms with E-state index in [9.17, 15) is 8.42 Å². The van der Waals surface area contributed by atoms with Gasteiger partial charge in [0.1, 0.15) is 5.75 Å². The Morgan fingerprint density at radius 3 is 2.57 bits per heavy atom. The SMILES string of the molecule is CN=C(NCCCNS(C)(=O)=O)NCC(c1ccccc1OC)N1CCCC1. The van der Waals surface area contributed by atoms with E-state index < -0.39 is 10.0 Å². The second-order valence-corrected chi connectivity index (χ2v) is 8.73. The highest BCUT2D eigenvalue weighted by molar-refractivity contribution is 7.88. The Labute approximate surface area is 168 Å². The number of para-hydroxylation sites is 1. The van der Waals surface area contributed by atoms with Crippen molar-refractivity contribution in [3.05, 3.63) is 29.8 Å². The molecule has 1 aromatic carbocycles. The van der Waals surface area contributed by atoms with E-state index >= 15 is 0 Å². The molecule has 2 rings (SSSR count). The van der Waals surface area contributed by atoms with Crippen LogP contribution in [0.15, 0.2) is 29.3 Å². The highest BCUT2D eigenvalue weighted by atomic mass is 32.2. The molecular formula is C19H33N5O3S. The van der Waals surface area contributed by atoms with Crippen LogP contribution in [-0.4, -0.2) is 72.4 Å². The average Bonchev–Trinajstić information content (AvgIpc) is 3.20. The van der Waals surface area contributed by atoms with Crippen molar-refractivity contribution in [1.82, 2.24) is 20.3 Å². The monoisotopic (exact) mass is 411 g/mol. The fourth-order valence-electron chi connectivity index (χ4n) is 3.40. The molecular weight excluding hydrogens is 378 g/mol. The van der Waals surface area contributed by atoms with Crippen LogP contribution in [0.3, 0.4) is 0 Å². The second kappa shape index (κ2) is 11.2. The second-order valence-electron chi connectivity index (χ2n) is 6.90. The largest absolute Gasteiger partial charge is 0.496 e. The van der Waals surface area contributed by atoms with Crippen LogP contribution in [-0.2, 0) is 10.0 Å². The van der Waals surface area contributed by atoms with Gasteiger partial charge in [0.05, 0.1) is 19.4 Å². The van der Waals surface area contributed by atoms with Crippen LogP contribution in [0.25, 0.3) is 0 Å². The molecule has 8 nitrogen and oxygen atoms in total. The number of ether oxygens (including phenoxy) is 1. The number of hydrogen-bond donors (Lipinski definition) is 3. The molecule has 0 radical (unpaired) electrons. The van der Waals surface area contributed by atoms with Gasteiger partial charge < -0.3 is 15.4 Å². The molecule has 1 fully saturated rings. The molecule has 1 aromatic rings. The standard InChI is InChI=1S/C19H33N5O3S/c1-20-19(21-11-8-12-23-28(3,25)26)22-15-17(24-13-6-7-14-24)16-9-4-5-10-18(16)27-2/h4-5,9-10,17,23H,6-8,11-15H2,1-3H3,(H2,20,21,22). The summed E-state index contributed by atoms with van der Waals surface area (Å²) in [5, 5.41) is 6.64. The first-order chi connectivity index (χ1) is 13.4. The van der Waals surface area contributed by atoms with E-state index in [2.05, 4.69) is 31.3 Å². The molecule has 1 heterocycles. The number of guanidine groups is 1. The molecule has 1 saturated heterocycles. The summed E-state index contributed by atoms with van der Waals surface area (Å²) in [7, 11) is 0.301. The quantitative estimate of drug-likeness (QED) is 0.301. The number of sulfonamides is 1. The van der Waals surface area contributed by atoms with Crippen molar-refractivity contribution in [3.63, 3.8) is 0 Å². The summed E-state index contributed by atoms with van der Waals surface area (Å²) in [6.07, 6.45) is 4.27. The van der Waals surface area contributed by atoms with Gasteiger partial charge in [-0.3, -0.25) is 9.89 Å². The smallest absolute Gasteiger partial charge is 0.208 e. The number of hydrogen-bond acceptors (Lipinski definition) is 5. The normalized spacial score (nSPS) is 16.8. The molecule has 158 valence electrons. The van der Waals surface area contributed by atoms with Crippen LogP contribution in [0.1, 0.15) is 30.9 Å². The molecule has 28 heavy (non-hydrogen) atoms. The summed E-state index contributed by atoms with van der Waals surface area (Å²) in [5.41, 5.74) is 1.17. The van der Waals surface area contributed by atoms with Gasteiger partial charge in [-0.05, 0) is 38.4 Å². The Morgan fingerprint density at radius 2 is 1.93 bits per heavy atom. The van der Waals surface area contributed by atoms with Gasteiger partial charge in [-0.1, -0.05) is 18.2 Å². The Morgan fingerprint density at radius 1 is 1.21 bits per heavy atom. The Balaban J connectivity index is 1.92. The van der Waals surface area contributed by atoms with E-state index in [1.165, 1.54) is 18.4 Å². The molecule has 0 amide bonds. The molecule has 1 atom stereocenters. The third-order valence-corrected chi connectivity index (χ3v) is 5.50. The first-order valence-corrected chi connectivity index (χ1v) is 11.6. The zero-order valence-electron chi connectivity index (χ0n) is 17.1. The maximum atomic E-state index is 11.1. The number of methoxy groups -OCH3 is 1. The molecule has 0 bridgehead atoms. The third kappa shape index (κ3) is 7.29. The van der Waals surface area contributed by atoms with E-state index in [4.69, 9.17) is 4.74 Å². The first-order valence-electron chi connectivity index (χ1n) is 9.70. The van der Waals surface area contributed by atoms with Gasteiger partial charge in [-0.15, -0.1) is 0 Å². The van der Waals surface area contributed by atoms with E-state index in [1.807, 2.05) is 18.2 Å². The molecule has 0 aromatic heterocycles. The molecule has 3 N–H and O–H groups in total. The van der Waals surface area contributed by atoms with Gasteiger partial charge >= 0.3 is 0 Å². The summed E-state index contributed by atoms with van der Waals surface area (Å²) in [6.45, 7) is 3.90. The molecule has 1 aliphatic rings. The summed E-state index contributed by atoms with van der Waals surface area (Å²) in [4.78, 5) is 6.76. The lowest BCUT2D eigenvalue weighted by Gasteiger charge is -2.30. The maximum Gasteiger partial charge on any atom is 0.208 e. The lowest BCUT2D eigenvalue weighted by molar-refractivity contribution is 0.239. The van der Waals surface area contributed by atoms with Gasteiger partial charge in [-0.25, -0.2) is 13.1 Å². The van der Waals surface area contributed by atoms with E-state index in [1.54, 1.807) is 14.2 Å². The fourth-order valence-corrected chi connectivity index (χ4v) is 3.91. The van der Waals surface area contributed by atoms with Gasteiger partial charge in [-0.2, -0.15) is 0 Å². The molecule has 9 heteroatoms. The Kier molecular flexibility index (Phi) is 9.01. The van der Waals surface area contributed by atoms with Gasteiger partial charge in [0.25, 0.3) is 0 Å². The van der Waals surface area contributed by atoms with Crippen molar-refractivity contribution in [2.75, 3.05) is 53.1 Å². The molecule has 1 aliphatic heterocycles. The van der Waals surface area contributed by atoms with Crippen LogP contribution in [0.4, 0.5) is 0 Å². The predicted molar refractivity (Wildman–Crippen MR) is 113 cm³/mol. The summed E-state index contributed by atoms with van der Waals surface area (Å²) < 4.78 is 30.3. The number of rotatable bonds is 10. The number of aliphatic imine (C=N–C) groups is 1. The molecule has 0 saturated carbocycles. The van der Waals surface area contributed by atoms with E-state index in [-0.39, 0.29) is 6.04 Å². The van der Waals surface area contributed by atoms with Gasteiger partial charge in [0.2, 0.25) is 10.0 Å².